The van der Waals surface area contributed by atoms with Crippen LogP contribution >= 0.6 is 23.2 Å². The van der Waals surface area contributed by atoms with E-state index in [2.05, 4.69) is 10.3 Å². The number of rotatable bonds is 7. The van der Waals surface area contributed by atoms with E-state index in [4.69, 9.17) is 32.4 Å². The fraction of sp³-hybridized carbons (Fsp3) is 0.200. The number of aryl methyl sites for hydroxylation is 1. The van der Waals surface area contributed by atoms with E-state index in [1.807, 2.05) is 24.3 Å². The maximum atomic E-state index is 12.0. The molecular weight excluding hydrogens is 387 g/mol. The van der Waals surface area contributed by atoms with Gasteiger partial charge in [0.2, 0.25) is 5.91 Å². The summed E-state index contributed by atoms with van der Waals surface area (Å²) in [4.78, 5) is 16.3. The van der Waals surface area contributed by atoms with Crippen molar-refractivity contribution in [3.05, 3.63) is 70.2 Å². The largest absolute Gasteiger partial charge is 0.497 e. The Hall–Kier alpha value is -2.50. The quantitative estimate of drug-likeness (QED) is 0.607. The van der Waals surface area contributed by atoms with E-state index < -0.39 is 0 Å². The number of amides is 1. The van der Waals surface area contributed by atoms with Crippen LogP contribution in [-0.4, -0.2) is 18.0 Å². The van der Waals surface area contributed by atoms with Crippen molar-refractivity contribution in [1.82, 2.24) is 10.3 Å². The summed E-state index contributed by atoms with van der Waals surface area (Å²) in [7, 11) is 1.62. The van der Waals surface area contributed by atoms with Crippen LogP contribution in [-0.2, 0) is 17.8 Å². The van der Waals surface area contributed by atoms with Crippen LogP contribution in [0.5, 0.6) is 5.75 Å². The molecule has 0 radical (unpaired) electrons. The van der Waals surface area contributed by atoms with Crippen LogP contribution in [0.2, 0.25) is 10.0 Å². The van der Waals surface area contributed by atoms with Crippen LogP contribution < -0.4 is 10.1 Å². The number of carbonyl (C=O) groups is 1. The Morgan fingerprint density at radius 3 is 2.67 bits per heavy atom. The normalized spacial score (nSPS) is 10.6. The summed E-state index contributed by atoms with van der Waals surface area (Å²) < 4.78 is 10.8. The van der Waals surface area contributed by atoms with Gasteiger partial charge < -0.3 is 14.5 Å². The maximum Gasteiger partial charge on any atom is 0.220 e. The summed E-state index contributed by atoms with van der Waals surface area (Å²) in [5, 5.41) is 3.92. The molecule has 0 aliphatic carbocycles. The number of carbonyl (C=O) groups excluding carboxylic acids is 1. The lowest BCUT2D eigenvalue weighted by molar-refractivity contribution is -0.121. The first-order valence-corrected chi connectivity index (χ1v) is 9.10. The molecule has 0 bridgehead atoms. The number of nitrogens with zero attached hydrogens (tertiary/aromatic N) is 1. The molecule has 0 saturated carbocycles. The lowest BCUT2D eigenvalue weighted by Gasteiger charge is -2.06. The second kappa shape index (κ2) is 8.93. The number of methoxy groups -OCH3 is 1. The molecule has 0 atom stereocenters. The fourth-order valence-corrected chi connectivity index (χ4v) is 2.99. The van der Waals surface area contributed by atoms with Crippen molar-refractivity contribution in [1.29, 1.82) is 0 Å². The van der Waals surface area contributed by atoms with Crippen LogP contribution in [0, 0.1) is 0 Å². The SMILES string of the molecule is COc1ccc(CNC(=O)CCc2ncc(-c3ccc(Cl)cc3Cl)o2)cc1. The van der Waals surface area contributed by atoms with Gasteiger partial charge in [-0.2, -0.15) is 0 Å². The van der Waals surface area contributed by atoms with E-state index in [0.29, 0.717) is 40.2 Å². The average molecular weight is 405 g/mol. The molecule has 1 heterocycles. The van der Waals surface area contributed by atoms with Crippen LogP contribution in [0.3, 0.4) is 0 Å². The first-order valence-electron chi connectivity index (χ1n) is 8.35. The van der Waals surface area contributed by atoms with Crippen LogP contribution in [0.15, 0.2) is 53.1 Å². The van der Waals surface area contributed by atoms with Crippen molar-refractivity contribution < 1.29 is 13.9 Å². The van der Waals surface area contributed by atoms with Gasteiger partial charge in [-0.15, -0.1) is 0 Å². The summed E-state index contributed by atoms with van der Waals surface area (Å²) in [6.07, 6.45) is 2.28. The average Bonchev–Trinajstić information content (AvgIpc) is 3.14. The second-order valence-electron chi connectivity index (χ2n) is 5.87. The summed E-state index contributed by atoms with van der Waals surface area (Å²) in [6, 6.07) is 12.7. The van der Waals surface area contributed by atoms with Crippen LogP contribution in [0.4, 0.5) is 0 Å². The molecule has 0 spiro atoms. The van der Waals surface area contributed by atoms with Gasteiger partial charge in [-0.1, -0.05) is 35.3 Å². The standard InChI is InChI=1S/C20H18Cl2N2O3/c1-26-15-5-2-13(3-6-15)11-23-19(25)8-9-20-24-12-18(27-20)16-7-4-14(21)10-17(16)22/h2-7,10,12H,8-9,11H2,1H3,(H,23,25). The highest BCUT2D eigenvalue weighted by Gasteiger charge is 2.12. The number of benzene rings is 2. The molecule has 3 rings (SSSR count). The van der Waals surface area contributed by atoms with E-state index in [9.17, 15) is 4.79 Å². The van der Waals surface area contributed by atoms with E-state index in [1.54, 1.807) is 31.5 Å². The Balaban J connectivity index is 1.51. The third kappa shape index (κ3) is 5.25. The van der Waals surface area contributed by atoms with E-state index in [-0.39, 0.29) is 12.3 Å². The smallest absolute Gasteiger partial charge is 0.220 e. The van der Waals surface area contributed by atoms with Gasteiger partial charge in [-0.25, -0.2) is 4.98 Å². The van der Waals surface area contributed by atoms with E-state index >= 15 is 0 Å². The predicted octanol–water partition coefficient (Wildman–Crippen LogP) is 4.91. The topological polar surface area (TPSA) is 64.4 Å². The molecule has 0 unspecified atom stereocenters. The number of nitrogens with one attached hydrogen (secondary N) is 1. The molecule has 3 aromatic rings. The Morgan fingerprint density at radius 2 is 1.96 bits per heavy atom. The predicted molar refractivity (Wildman–Crippen MR) is 105 cm³/mol. The molecule has 1 amide bonds. The van der Waals surface area contributed by atoms with Gasteiger partial charge in [0.05, 0.1) is 18.3 Å². The third-order valence-corrected chi connectivity index (χ3v) is 4.51. The Bertz CT molecular complexity index is 923. The monoisotopic (exact) mass is 404 g/mol. The van der Waals surface area contributed by atoms with Gasteiger partial charge in [-0.05, 0) is 35.9 Å². The summed E-state index contributed by atoms with van der Waals surface area (Å²) >= 11 is 12.1. The minimum atomic E-state index is -0.0740. The van der Waals surface area contributed by atoms with E-state index in [0.717, 1.165) is 11.3 Å². The lowest BCUT2D eigenvalue weighted by atomic mass is 10.2. The first kappa shape index (κ1) is 19.3. The van der Waals surface area contributed by atoms with Gasteiger partial charge in [0.1, 0.15) is 5.75 Å². The zero-order valence-corrected chi connectivity index (χ0v) is 16.2. The Kier molecular flexibility index (Phi) is 6.37. The number of hydrogen-bond acceptors (Lipinski definition) is 4. The van der Waals surface area contributed by atoms with Crippen molar-refractivity contribution in [3.63, 3.8) is 0 Å². The zero-order valence-electron chi connectivity index (χ0n) is 14.7. The van der Waals surface area contributed by atoms with Gasteiger partial charge in [-0.3, -0.25) is 4.79 Å². The molecular formula is C20H18Cl2N2O3. The minimum absolute atomic E-state index is 0.0740. The maximum absolute atomic E-state index is 12.0. The number of oxazole rings is 1. The highest BCUT2D eigenvalue weighted by Crippen LogP contribution is 2.30. The van der Waals surface area contributed by atoms with Crippen molar-refractivity contribution in [2.24, 2.45) is 0 Å². The van der Waals surface area contributed by atoms with Gasteiger partial charge in [0.25, 0.3) is 0 Å². The van der Waals surface area contributed by atoms with E-state index in [1.165, 1.54) is 0 Å². The first-order chi connectivity index (χ1) is 13.0. The molecule has 27 heavy (non-hydrogen) atoms. The molecule has 0 aliphatic heterocycles. The number of ether oxygens (including phenoxy) is 1. The van der Waals surface area contributed by atoms with Gasteiger partial charge in [0.15, 0.2) is 11.7 Å². The molecule has 0 aliphatic rings. The summed E-state index contributed by atoms with van der Waals surface area (Å²) in [5.74, 6) is 1.74. The van der Waals surface area contributed by atoms with Crippen molar-refractivity contribution in [3.8, 4) is 17.1 Å². The molecule has 1 N–H and O–H groups in total. The van der Waals surface area contributed by atoms with Gasteiger partial charge in [0, 0.05) is 30.0 Å². The molecule has 5 nitrogen and oxygen atoms in total. The molecule has 1 aromatic heterocycles. The number of halogens is 2. The minimum Gasteiger partial charge on any atom is -0.497 e. The summed E-state index contributed by atoms with van der Waals surface area (Å²) in [5.41, 5.74) is 1.71. The highest BCUT2D eigenvalue weighted by atomic mass is 35.5. The third-order valence-electron chi connectivity index (χ3n) is 3.96. The van der Waals surface area contributed by atoms with Crippen LogP contribution in [0.1, 0.15) is 17.9 Å². The zero-order chi connectivity index (χ0) is 19.2. The number of hydrogen-bond donors (Lipinski definition) is 1. The number of aromatic nitrogens is 1. The molecule has 0 saturated heterocycles. The fourth-order valence-electron chi connectivity index (χ4n) is 2.49. The van der Waals surface area contributed by atoms with Crippen molar-refractivity contribution in [2.45, 2.75) is 19.4 Å². The van der Waals surface area contributed by atoms with Crippen molar-refractivity contribution >= 4 is 29.1 Å². The Labute approximate surface area is 167 Å². The van der Waals surface area contributed by atoms with Gasteiger partial charge >= 0.3 is 0 Å². The Morgan fingerprint density at radius 1 is 1.19 bits per heavy atom. The molecule has 0 fully saturated rings. The summed E-state index contributed by atoms with van der Waals surface area (Å²) in [6.45, 7) is 0.458. The van der Waals surface area contributed by atoms with Crippen LogP contribution in [0.25, 0.3) is 11.3 Å². The second-order valence-corrected chi connectivity index (χ2v) is 6.71. The molecule has 2 aromatic carbocycles. The highest BCUT2D eigenvalue weighted by molar-refractivity contribution is 6.36. The molecule has 140 valence electrons. The lowest BCUT2D eigenvalue weighted by Crippen LogP contribution is -2.23. The van der Waals surface area contributed by atoms with Crippen molar-refractivity contribution in [2.75, 3.05) is 7.11 Å². The molecule has 7 heteroatoms.